The van der Waals surface area contributed by atoms with E-state index >= 15 is 0 Å². The summed E-state index contributed by atoms with van der Waals surface area (Å²) in [4.78, 5) is 1.89. The van der Waals surface area contributed by atoms with Gasteiger partial charge in [-0.3, -0.25) is 4.90 Å². The van der Waals surface area contributed by atoms with E-state index in [9.17, 15) is 8.78 Å². The zero-order valence-electron chi connectivity index (χ0n) is 11.6. The quantitative estimate of drug-likeness (QED) is 0.862. The molecule has 0 radical (unpaired) electrons. The second kappa shape index (κ2) is 6.01. The first-order valence-electron chi connectivity index (χ1n) is 6.47. The Morgan fingerprint density at radius 2 is 1.70 bits per heavy atom. The Bertz CT molecular complexity index is 579. The second-order valence-corrected chi connectivity index (χ2v) is 4.96. The lowest BCUT2D eigenvalue weighted by Gasteiger charge is -2.25. The average Bonchev–Trinajstić information content (AvgIpc) is 2.42. The van der Waals surface area contributed by atoms with Crippen LogP contribution in [0.1, 0.15) is 24.1 Å². The summed E-state index contributed by atoms with van der Waals surface area (Å²) in [5, 5.41) is 0. The van der Waals surface area contributed by atoms with Crippen molar-refractivity contribution in [2.24, 2.45) is 0 Å². The van der Waals surface area contributed by atoms with Crippen LogP contribution in [0.3, 0.4) is 0 Å². The Kier molecular flexibility index (Phi) is 4.35. The van der Waals surface area contributed by atoms with Crippen LogP contribution in [0.15, 0.2) is 42.5 Å². The van der Waals surface area contributed by atoms with Gasteiger partial charge in [-0.15, -0.1) is 0 Å². The molecule has 0 aliphatic carbocycles. The molecule has 2 rings (SSSR count). The maximum Gasteiger partial charge on any atom is 0.130 e. The summed E-state index contributed by atoms with van der Waals surface area (Å²) in [6, 6.07) is 11.4. The van der Waals surface area contributed by atoms with E-state index in [1.54, 1.807) is 0 Å². The predicted octanol–water partition coefficient (Wildman–Crippen LogP) is 3.74. The second-order valence-electron chi connectivity index (χ2n) is 4.96. The van der Waals surface area contributed by atoms with Gasteiger partial charge in [0.05, 0.1) is 0 Å². The summed E-state index contributed by atoms with van der Waals surface area (Å²) in [5.74, 6) is -1.03. The maximum atomic E-state index is 13.7. The molecule has 20 heavy (non-hydrogen) atoms. The minimum absolute atomic E-state index is 0.0116. The van der Waals surface area contributed by atoms with Crippen molar-refractivity contribution in [2.45, 2.75) is 19.5 Å². The highest BCUT2D eigenvalue weighted by Gasteiger charge is 2.16. The molecule has 4 heteroatoms. The Morgan fingerprint density at radius 3 is 2.30 bits per heavy atom. The van der Waals surface area contributed by atoms with Crippen LogP contribution in [0.5, 0.6) is 0 Å². The highest BCUT2D eigenvalue weighted by Crippen LogP contribution is 2.23. The van der Waals surface area contributed by atoms with Crippen LogP contribution >= 0.6 is 0 Å². The number of nitrogens with zero attached hydrogens (tertiary/aromatic N) is 1. The van der Waals surface area contributed by atoms with E-state index in [1.165, 1.54) is 18.2 Å². The van der Waals surface area contributed by atoms with Crippen molar-refractivity contribution in [2.75, 3.05) is 12.8 Å². The first-order valence-corrected chi connectivity index (χ1v) is 6.47. The predicted molar refractivity (Wildman–Crippen MR) is 77.1 cm³/mol. The molecule has 0 aromatic heterocycles. The van der Waals surface area contributed by atoms with Gasteiger partial charge in [-0.25, -0.2) is 8.78 Å². The summed E-state index contributed by atoms with van der Waals surface area (Å²) in [6.07, 6.45) is 0. The van der Waals surface area contributed by atoms with Crippen LogP contribution in [0.2, 0.25) is 0 Å². The van der Waals surface area contributed by atoms with Gasteiger partial charge in [0.25, 0.3) is 0 Å². The number of anilines is 1. The van der Waals surface area contributed by atoms with Gasteiger partial charge in [-0.2, -0.15) is 0 Å². The van der Waals surface area contributed by atoms with Crippen molar-refractivity contribution in [1.82, 2.24) is 4.90 Å². The summed E-state index contributed by atoms with van der Waals surface area (Å²) in [5.41, 5.74) is 7.55. The fraction of sp³-hybridized carbons (Fsp3) is 0.250. The molecule has 0 saturated carbocycles. The Morgan fingerprint density at radius 1 is 1.10 bits per heavy atom. The lowest BCUT2D eigenvalue weighted by molar-refractivity contribution is 0.245. The first-order chi connectivity index (χ1) is 9.49. The molecule has 2 nitrogen and oxygen atoms in total. The van der Waals surface area contributed by atoms with Gasteiger partial charge in [0.15, 0.2) is 0 Å². The fourth-order valence-corrected chi connectivity index (χ4v) is 2.14. The fourth-order valence-electron chi connectivity index (χ4n) is 2.14. The third-order valence-corrected chi connectivity index (χ3v) is 3.52. The summed E-state index contributed by atoms with van der Waals surface area (Å²) < 4.78 is 27.3. The zero-order chi connectivity index (χ0) is 14.7. The van der Waals surface area contributed by atoms with E-state index in [1.807, 2.05) is 43.1 Å². The van der Waals surface area contributed by atoms with Gasteiger partial charge in [-0.1, -0.05) is 18.2 Å². The number of benzene rings is 2. The van der Waals surface area contributed by atoms with Crippen LogP contribution in [-0.4, -0.2) is 11.9 Å². The average molecular weight is 276 g/mol. The smallest absolute Gasteiger partial charge is 0.130 e. The van der Waals surface area contributed by atoms with Crippen molar-refractivity contribution >= 4 is 5.69 Å². The Hall–Kier alpha value is -1.94. The van der Waals surface area contributed by atoms with Gasteiger partial charge in [0, 0.05) is 23.8 Å². The van der Waals surface area contributed by atoms with Crippen molar-refractivity contribution in [1.29, 1.82) is 0 Å². The van der Waals surface area contributed by atoms with Gasteiger partial charge in [0.1, 0.15) is 11.6 Å². The highest BCUT2D eigenvalue weighted by atomic mass is 19.1. The minimum atomic E-state index is -0.517. The molecule has 0 bridgehead atoms. The SMILES string of the molecule is CC(c1cccc(N)c1)N(C)Cc1c(F)cccc1F. The third-order valence-electron chi connectivity index (χ3n) is 3.52. The van der Waals surface area contributed by atoms with E-state index in [0.717, 1.165) is 5.56 Å². The number of hydrogen-bond acceptors (Lipinski definition) is 2. The van der Waals surface area contributed by atoms with Crippen molar-refractivity contribution in [3.8, 4) is 0 Å². The summed E-state index contributed by atoms with van der Waals surface area (Å²) in [6.45, 7) is 2.18. The van der Waals surface area contributed by atoms with Crippen molar-refractivity contribution < 1.29 is 8.78 Å². The van der Waals surface area contributed by atoms with E-state index in [0.29, 0.717) is 5.69 Å². The van der Waals surface area contributed by atoms with E-state index < -0.39 is 11.6 Å². The molecular weight excluding hydrogens is 258 g/mol. The van der Waals surface area contributed by atoms with Crippen molar-refractivity contribution in [3.63, 3.8) is 0 Å². The largest absolute Gasteiger partial charge is 0.399 e. The molecule has 2 N–H and O–H groups in total. The van der Waals surface area contributed by atoms with E-state index in [4.69, 9.17) is 5.73 Å². The highest BCUT2D eigenvalue weighted by molar-refractivity contribution is 5.41. The van der Waals surface area contributed by atoms with Crippen LogP contribution in [0.25, 0.3) is 0 Å². The monoisotopic (exact) mass is 276 g/mol. The molecule has 1 atom stereocenters. The molecule has 106 valence electrons. The standard InChI is InChI=1S/C16H18F2N2/c1-11(12-5-3-6-13(19)9-12)20(2)10-14-15(17)7-4-8-16(14)18/h3-9,11H,10,19H2,1-2H3. The van der Waals surface area contributed by atoms with Crippen LogP contribution in [0.4, 0.5) is 14.5 Å². The van der Waals surface area contributed by atoms with E-state index in [2.05, 4.69) is 0 Å². The molecule has 0 amide bonds. The summed E-state index contributed by atoms with van der Waals surface area (Å²) in [7, 11) is 1.83. The lowest BCUT2D eigenvalue weighted by Crippen LogP contribution is -2.23. The molecule has 0 fully saturated rings. The van der Waals surface area contributed by atoms with Crippen LogP contribution in [0, 0.1) is 11.6 Å². The van der Waals surface area contributed by atoms with Crippen LogP contribution < -0.4 is 5.73 Å². The molecule has 0 aliphatic rings. The molecule has 0 saturated heterocycles. The van der Waals surface area contributed by atoms with Gasteiger partial charge < -0.3 is 5.73 Å². The van der Waals surface area contributed by atoms with Crippen molar-refractivity contribution in [3.05, 3.63) is 65.2 Å². The Labute approximate surface area is 117 Å². The molecule has 0 heterocycles. The molecule has 1 unspecified atom stereocenters. The zero-order valence-corrected chi connectivity index (χ0v) is 11.6. The van der Waals surface area contributed by atoms with Crippen LogP contribution in [-0.2, 0) is 6.54 Å². The molecule has 0 aliphatic heterocycles. The number of rotatable bonds is 4. The third kappa shape index (κ3) is 3.14. The molecule has 2 aromatic carbocycles. The van der Waals surface area contributed by atoms with Gasteiger partial charge >= 0.3 is 0 Å². The topological polar surface area (TPSA) is 29.3 Å². The van der Waals surface area contributed by atoms with Gasteiger partial charge in [-0.05, 0) is 43.8 Å². The molecular formula is C16H18F2N2. The normalized spacial score (nSPS) is 12.7. The van der Waals surface area contributed by atoms with Gasteiger partial charge in [0.2, 0.25) is 0 Å². The number of hydrogen-bond donors (Lipinski definition) is 1. The molecule has 2 aromatic rings. The number of nitrogens with two attached hydrogens (primary N) is 1. The maximum absolute atomic E-state index is 13.7. The Balaban J connectivity index is 2.17. The lowest BCUT2D eigenvalue weighted by atomic mass is 10.1. The van der Waals surface area contributed by atoms with E-state index in [-0.39, 0.29) is 18.2 Å². The molecule has 0 spiro atoms. The minimum Gasteiger partial charge on any atom is -0.399 e. The summed E-state index contributed by atoms with van der Waals surface area (Å²) >= 11 is 0. The number of nitrogen functional groups attached to an aromatic ring is 1. The first kappa shape index (κ1) is 14.5. The number of halogens is 2.